The van der Waals surface area contributed by atoms with Crippen LogP contribution >= 0.6 is 0 Å². The van der Waals surface area contributed by atoms with E-state index in [2.05, 4.69) is 4.90 Å². The second kappa shape index (κ2) is 11.6. The van der Waals surface area contributed by atoms with E-state index in [1.165, 1.54) is 17.0 Å². The molecule has 244 valence electrons. The summed E-state index contributed by atoms with van der Waals surface area (Å²) >= 11 is 0. The highest BCUT2D eigenvalue weighted by molar-refractivity contribution is 5.88. The van der Waals surface area contributed by atoms with Crippen molar-refractivity contribution in [2.45, 2.75) is 81.4 Å². The lowest BCUT2D eigenvalue weighted by molar-refractivity contribution is -0.177. The quantitative estimate of drug-likeness (QED) is 0.370. The summed E-state index contributed by atoms with van der Waals surface area (Å²) in [6.45, 7) is 1.29. The molecular formula is C32H33F7N2O4. The van der Waals surface area contributed by atoms with Gasteiger partial charge in [-0.3, -0.25) is 9.69 Å². The van der Waals surface area contributed by atoms with Gasteiger partial charge in [0, 0.05) is 19.1 Å². The first kappa shape index (κ1) is 31.8. The molecule has 0 aromatic heterocycles. The number of piperidine rings is 1. The van der Waals surface area contributed by atoms with Gasteiger partial charge in [-0.15, -0.1) is 0 Å². The number of hydrogen-bond acceptors (Lipinski definition) is 4. The van der Waals surface area contributed by atoms with Gasteiger partial charge in [0.15, 0.2) is 0 Å². The van der Waals surface area contributed by atoms with Gasteiger partial charge in [0.2, 0.25) is 0 Å². The van der Waals surface area contributed by atoms with Crippen molar-refractivity contribution in [3.63, 3.8) is 0 Å². The predicted octanol–water partition coefficient (Wildman–Crippen LogP) is 6.65. The predicted molar refractivity (Wildman–Crippen MR) is 147 cm³/mol. The van der Waals surface area contributed by atoms with Crippen molar-refractivity contribution < 1.29 is 50.2 Å². The van der Waals surface area contributed by atoms with Gasteiger partial charge in [0.05, 0.1) is 23.3 Å². The minimum atomic E-state index is -4.97. The third kappa shape index (κ3) is 6.17. The van der Waals surface area contributed by atoms with Gasteiger partial charge in [-0.1, -0.05) is 6.07 Å². The zero-order valence-corrected chi connectivity index (χ0v) is 24.3. The standard InChI is InChI=1S/C32H33F7N2O4/c33-27-4-1-19(14-25(27)28(42)43)18-6-10-40(11-7-18)23-5-9-30(45-17-23,21-2-3-21)29(44)41-12-8-24-20(16-41)13-22(31(34,35)36)15-26(24)32(37,38)39/h1,4,13-15,18,21,23H,2-3,5-12,16-17H2,(H,42,43)/t23?,30-/m0/s1. The van der Waals surface area contributed by atoms with E-state index in [0.29, 0.717) is 25.9 Å². The molecule has 4 aliphatic rings. The number of benzene rings is 2. The van der Waals surface area contributed by atoms with E-state index >= 15 is 0 Å². The molecule has 45 heavy (non-hydrogen) atoms. The van der Waals surface area contributed by atoms with Crippen LogP contribution in [-0.2, 0) is 34.8 Å². The fourth-order valence-electron chi connectivity index (χ4n) is 7.40. The number of hydrogen-bond donors (Lipinski definition) is 1. The number of aromatic carboxylic acids is 1. The Morgan fingerprint density at radius 2 is 1.62 bits per heavy atom. The first-order valence-corrected chi connectivity index (χ1v) is 15.2. The number of carbonyl (C=O) groups excluding carboxylic acids is 1. The van der Waals surface area contributed by atoms with Crippen LogP contribution in [0.15, 0.2) is 30.3 Å². The number of nitrogens with zero attached hydrogens (tertiary/aromatic N) is 2. The van der Waals surface area contributed by atoms with Crippen LogP contribution in [0, 0.1) is 11.7 Å². The Kier molecular flexibility index (Phi) is 8.16. The third-order valence-electron chi connectivity index (χ3n) is 9.97. The fraction of sp³-hybridized carbons (Fsp3) is 0.562. The Morgan fingerprint density at radius 3 is 2.20 bits per heavy atom. The Balaban J connectivity index is 1.12. The molecule has 6 nitrogen and oxygen atoms in total. The number of carbonyl (C=O) groups is 2. The molecule has 1 saturated carbocycles. The molecule has 3 heterocycles. The molecule has 3 aliphatic heterocycles. The normalized spacial score (nSPS) is 25.2. The Labute approximate surface area is 255 Å². The summed E-state index contributed by atoms with van der Waals surface area (Å²) in [4.78, 5) is 29.0. The van der Waals surface area contributed by atoms with E-state index in [0.717, 1.165) is 37.3 Å². The zero-order valence-electron chi connectivity index (χ0n) is 24.3. The molecular weight excluding hydrogens is 609 g/mol. The maximum absolute atomic E-state index is 14.0. The second-order valence-corrected chi connectivity index (χ2v) is 12.7. The van der Waals surface area contributed by atoms with Gasteiger partial charge in [-0.25, -0.2) is 9.18 Å². The number of halogens is 7. The van der Waals surface area contributed by atoms with Gasteiger partial charge in [-0.2, -0.15) is 26.3 Å². The smallest absolute Gasteiger partial charge is 0.416 e. The number of carboxylic acid groups (broad SMARTS) is 1. The molecule has 1 unspecified atom stereocenters. The van der Waals surface area contributed by atoms with E-state index in [-0.39, 0.29) is 72.7 Å². The Hall–Kier alpha value is -3.19. The molecule has 0 bridgehead atoms. The van der Waals surface area contributed by atoms with Crippen LogP contribution in [0.3, 0.4) is 0 Å². The van der Waals surface area contributed by atoms with Crippen molar-refractivity contribution in [1.29, 1.82) is 0 Å². The summed E-state index contributed by atoms with van der Waals surface area (Å²) < 4.78 is 102. The zero-order chi connectivity index (χ0) is 32.3. The highest BCUT2D eigenvalue weighted by Gasteiger charge is 2.56. The number of amides is 1. The second-order valence-electron chi connectivity index (χ2n) is 12.7. The number of likely N-dealkylation sites (tertiary alicyclic amines) is 1. The maximum Gasteiger partial charge on any atom is 0.416 e. The van der Waals surface area contributed by atoms with E-state index in [9.17, 15) is 45.4 Å². The maximum atomic E-state index is 14.0. The summed E-state index contributed by atoms with van der Waals surface area (Å²) in [6.07, 6.45) is -6.07. The summed E-state index contributed by atoms with van der Waals surface area (Å²) in [5.74, 6) is -2.43. The van der Waals surface area contributed by atoms with Crippen LogP contribution < -0.4 is 0 Å². The minimum absolute atomic E-state index is 0.0270. The molecule has 2 saturated heterocycles. The van der Waals surface area contributed by atoms with Gasteiger partial charge in [0.25, 0.3) is 5.91 Å². The molecule has 0 spiro atoms. The van der Waals surface area contributed by atoms with Crippen molar-refractivity contribution >= 4 is 11.9 Å². The summed E-state index contributed by atoms with van der Waals surface area (Å²) in [6, 6.07) is 5.10. The molecule has 2 atom stereocenters. The highest BCUT2D eigenvalue weighted by atomic mass is 19.4. The van der Waals surface area contributed by atoms with Crippen molar-refractivity contribution in [3.05, 3.63) is 69.5 Å². The van der Waals surface area contributed by atoms with Gasteiger partial charge >= 0.3 is 18.3 Å². The van der Waals surface area contributed by atoms with Crippen molar-refractivity contribution in [2.75, 3.05) is 26.2 Å². The summed E-state index contributed by atoms with van der Waals surface area (Å²) in [5, 5.41) is 9.26. The van der Waals surface area contributed by atoms with E-state index < -0.39 is 40.9 Å². The highest BCUT2D eigenvalue weighted by Crippen LogP contribution is 2.49. The molecule has 3 fully saturated rings. The first-order chi connectivity index (χ1) is 21.2. The van der Waals surface area contributed by atoms with Crippen LogP contribution in [0.1, 0.15) is 82.6 Å². The molecule has 2 aromatic carbocycles. The average molecular weight is 643 g/mol. The van der Waals surface area contributed by atoms with E-state index in [1.807, 2.05) is 0 Å². The van der Waals surface area contributed by atoms with Crippen LogP contribution in [0.5, 0.6) is 0 Å². The summed E-state index contributed by atoms with van der Waals surface area (Å²) in [5.41, 5.74) is -3.76. The molecule has 0 radical (unpaired) electrons. The van der Waals surface area contributed by atoms with E-state index in [1.54, 1.807) is 6.07 Å². The number of ether oxygens (including phenoxy) is 1. The molecule has 2 aromatic rings. The first-order valence-electron chi connectivity index (χ1n) is 15.2. The monoisotopic (exact) mass is 642 g/mol. The number of carboxylic acids is 1. The van der Waals surface area contributed by atoms with Gasteiger partial charge < -0.3 is 14.7 Å². The fourth-order valence-corrected chi connectivity index (χ4v) is 7.40. The average Bonchev–Trinajstić information content (AvgIpc) is 3.85. The molecule has 1 N–H and O–H groups in total. The molecule has 1 aliphatic carbocycles. The third-order valence-corrected chi connectivity index (χ3v) is 9.97. The summed E-state index contributed by atoms with van der Waals surface area (Å²) in [7, 11) is 0. The molecule has 1 amide bonds. The van der Waals surface area contributed by atoms with E-state index in [4.69, 9.17) is 4.74 Å². The van der Waals surface area contributed by atoms with Crippen LogP contribution in [0.4, 0.5) is 30.7 Å². The minimum Gasteiger partial charge on any atom is -0.478 e. The lowest BCUT2D eigenvalue weighted by atomic mass is 9.83. The Morgan fingerprint density at radius 1 is 0.911 bits per heavy atom. The topological polar surface area (TPSA) is 70.1 Å². The molecule has 13 heteroatoms. The number of rotatable bonds is 5. The lowest BCUT2D eigenvalue weighted by Crippen LogP contribution is -2.58. The van der Waals surface area contributed by atoms with Crippen molar-refractivity contribution in [2.24, 2.45) is 5.92 Å². The van der Waals surface area contributed by atoms with Crippen LogP contribution in [0.25, 0.3) is 0 Å². The van der Waals surface area contributed by atoms with Crippen LogP contribution in [0.2, 0.25) is 0 Å². The number of fused-ring (bicyclic) bond motifs is 1. The molecule has 6 rings (SSSR count). The Bertz CT molecular complexity index is 1470. The van der Waals surface area contributed by atoms with Gasteiger partial charge in [-0.05, 0) is 111 Å². The lowest BCUT2D eigenvalue weighted by Gasteiger charge is -2.47. The number of alkyl halides is 6. The van der Waals surface area contributed by atoms with Crippen molar-refractivity contribution in [1.82, 2.24) is 9.80 Å². The van der Waals surface area contributed by atoms with Crippen LogP contribution in [-0.4, -0.2) is 64.7 Å². The van der Waals surface area contributed by atoms with Gasteiger partial charge in [0.1, 0.15) is 11.4 Å². The van der Waals surface area contributed by atoms with Crippen molar-refractivity contribution in [3.8, 4) is 0 Å². The largest absolute Gasteiger partial charge is 0.478 e. The SMILES string of the molecule is O=C(O)c1cc(C2CCN(C3CC[C@@](C(=O)N4CCc5c(cc(C(F)(F)F)cc5C(F)(F)F)C4)(C4CC4)OC3)CC2)ccc1F.